The molecule has 0 aromatic heterocycles. The third-order valence-corrected chi connectivity index (χ3v) is 2.68. The van der Waals surface area contributed by atoms with Crippen LogP contribution in [0, 0.1) is 0 Å². The summed E-state index contributed by atoms with van der Waals surface area (Å²) >= 11 is 0. The average molecular weight is 306 g/mol. The third kappa shape index (κ3) is 6.90. The molecule has 0 atom stereocenters. The number of hydrogen-bond donors (Lipinski definition) is 2. The van der Waals surface area contributed by atoms with Gasteiger partial charge in [0.25, 0.3) is 0 Å². The van der Waals surface area contributed by atoms with E-state index in [-0.39, 0.29) is 18.4 Å². The zero-order valence-corrected chi connectivity index (χ0v) is 12.9. The molecule has 22 heavy (non-hydrogen) atoms. The molecule has 0 aliphatic carbocycles. The van der Waals surface area contributed by atoms with Crippen molar-refractivity contribution in [1.82, 2.24) is 10.6 Å². The van der Waals surface area contributed by atoms with Crippen LogP contribution in [-0.2, 0) is 14.3 Å². The van der Waals surface area contributed by atoms with Gasteiger partial charge in [0.15, 0.2) is 0 Å². The number of carbonyl (C=O) groups is 2. The Morgan fingerprint density at radius 2 is 2.00 bits per heavy atom. The second-order valence-corrected chi connectivity index (χ2v) is 4.36. The van der Waals surface area contributed by atoms with Gasteiger partial charge >= 0.3 is 0 Å². The van der Waals surface area contributed by atoms with Crippen molar-refractivity contribution in [3.05, 3.63) is 35.9 Å². The fourth-order valence-electron chi connectivity index (χ4n) is 1.65. The maximum Gasteiger partial charge on any atom is 0.244 e. The van der Waals surface area contributed by atoms with E-state index in [0.717, 1.165) is 5.56 Å². The van der Waals surface area contributed by atoms with Crippen LogP contribution >= 0.6 is 0 Å². The predicted molar refractivity (Wildman–Crippen MR) is 84.5 cm³/mol. The highest BCUT2D eigenvalue weighted by atomic mass is 16.5. The van der Waals surface area contributed by atoms with Crippen LogP contribution in [0.25, 0.3) is 6.08 Å². The van der Waals surface area contributed by atoms with Crippen LogP contribution in [0.1, 0.15) is 12.5 Å². The number of amides is 2. The molecule has 0 aliphatic rings. The zero-order valence-electron chi connectivity index (χ0n) is 12.9. The van der Waals surface area contributed by atoms with Crippen molar-refractivity contribution < 1.29 is 19.1 Å². The number of benzene rings is 1. The Morgan fingerprint density at radius 3 is 2.73 bits per heavy atom. The molecule has 1 aromatic rings. The lowest BCUT2D eigenvalue weighted by molar-refractivity contribution is -0.124. The van der Waals surface area contributed by atoms with Gasteiger partial charge < -0.3 is 20.1 Å². The molecule has 120 valence electrons. The fourth-order valence-corrected chi connectivity index (χ4v) is 1.65. The highest BCUT2D eigenvalue weighted by Gasteiger charge is 2.03. The van der Waals surface area contributed by atoms with E-state index in [0.29, 0.717) is 25.5 Å². The molecule has 1 rings (SSSR count). The first-order chi connectivity index (χ1) is 10.7. The SMILES string of the molecule is CCOc1ccccc1/C=C/C(=O)NCC(=O)NCCOC. The number of hydrogen-bond acceptors (Lipinski definition) is 4. The van der Waals surface area contributed by atoms with Gasteiger partial charge in [0.05, 0.1) is 19.8 Å². The lowest BCUT2D eigenvalue weighted by atomic mass is 10.2. The Bertz CT molecular complexity index is 515. The van der Waals surface area contributed by atoms with Crippen molar-refractivity contribution >= 4 is 17.9 Å². The van der Waals surface area contributed by atoms with E-state index in [1.807, 2.05) is 31.2 Å². The van der Waals surface area contributed by atoms with Crippen LogP contribution in [-0.4, -0.2) is 45.2 Å². The van der Waals surface area contributed by atoms with Crippen molar-refractivity contribution in [1.29, 1.82) is 0 Å². The number of para-hydroxylation sites is 1. The van der Waals surface area contributed by atoms with Crippen molar-refractivity contribution in [2.75, 3.05) is 33.4 Å². The van der Waals surface area contributed by atoms with Crippen LogP contribution in [0.3, 0.4) is 0 Å². The number of ether oxygens (including phenoxy) is 2. The van der Waals surface area contributed by atoms with Crippen molar-refractivity contribution in [2.24, 2.45) is 0 Å². The first kappa shape index (κ1) is 17.7. The van der Waals surface area contributed by atoms with Gasteiger partial charge in [-0.3, -0.25) is 9.59 Å². The van der Waals surface area contributed by atoms with E-state index < -0.39 is 0 Å². The van der Waals surface area contributed by atoms with Gasteiger partial charge in [0.2, 0.25) is 11.8 Å². The lowest BCUT2D eigenvalue weighted by Crippen LogP contribution is -2.37. The smallest absolute Gasteiger partial charge is 0.244 e. The van der Waals surface area contributed by atoms with Crippen LogP contribution < -0.4 is 15.4 Å². The van der Waals surface area contributed by atoms with Crippen LogP contribution in [0.2, 0.25) is 0 Å². The van der Waals surface area contributed by atoms with Crippen molar-refractivity contribution in [2.45, 2.75) is 6.92 Å². The molecule has 0 aliphatic heterocycles. The summed E-state index contributed by atoms with van der Waals surface area (Å²) in [4.78, 5) is 23.1. The van der Waals surface area contributed by atoms with Crippen molar-refractivity contribution in [3.63, 3.8) is 0 Å². The molecule has 0 unspecified atom stereocenters. The Morgan fingerprint density at radius 1 is 1.23 bits per heavy atom. The number of carbonyl (C=O) groups excluding carboxylic acids is 2. The summed E-state index contributed by atoms with van der Waals surface area (Å²) in [5, 5.41) is 5.13. The molecule has 0 spiro atoms. The zero-order chi connectivity index (χ0) is 16.2. The number of nitrogens with one attached hydrogen (secondary N) is 2. The Labute approximate surface area is 130 Å². The normalized spacial score (nSPS) is 10.5. The molecule has 0 radical (unpaired) electrons. The minimum atomic E-state index is -0.340. The standard InChI is InChI=1S/C16H22N2O4/c1-3-22-14-7-5-4-6-13(14)8-9-15(19)18-12-16(20)17-10-11-21-2/h4-9H,3,10-12H2,1-2H3,(H,17,20)(H,18,19)/b9-8+. The molecule has 0 heterocycles. The molecular formula is C16H22N2O4. The Balaban J connectivity index is 2.43. The molecule has 0 saturated carbocycles. The van der Waals surface area contributed by atoms with Gasteiger partial charge in [-0.2, -0.15) is 0 Å². The molecule has 1 aromatic carbocycles. The van der Waals surface area contributed by atoms with E-state index in [1.54, 1.807) is 13.2 Å². The Kier molecular flexibility index (Phi) is 8.37. The molecule has 2 N–H and O–H groups in total. The number of rotatable bonds is 9. The topological polar surface area (TPSA) is 76.7 Å². The summed E-state index contributed by atoms with van der Waals surface area (Å²) in [7, 11) is 1.55. The quantitative estimate of drug-likeness (QED) is 0.527. The molecule has 0 saturated heterocycles. The highest BCUT2D eigenvalue weighted by Crippen LogP contribution is 2.19. The summed E-state index contributed by atoms with van der Waals surface area (Å²) < 4.78 is 10.3. The van der Waals surface area contributed by atoms with Gasteiger partial charge in [-0.15, -0.1) is 0 Å². The molecular weight excluding hydrogens is 284 g/mol. The summed E-state index contributed by atoms with van der Waals surface area (Å²) in [5.74, 6) is 0.119. The van der Waals surface area contributed by atoms with Crippen LogP contribution in [0.15, 0.2) is 30.3 Å². The van der Waals surface area contributed by atoms with Crippen molar-refractivity contribution in [3.8, 4) is 5.75 Å². The maximum atomic E-state index is 11.7. The van der Waals surface area contributed by atoms with Gasteiger partial charge in [0.1, 0.15) is 5.75 Å². The van der Waals surface area contributed by atoms with Gasteiger partial charge in [-0.05, 0) is 19.1 Å². The van der Waals surface area contributed by atoms with E-state index in [4.69, 9.17) is 9.47 Å². The number of methoxy groups -OCH3 is 1. The van der Waals surface area contributed by atoms with E-state index >= 15 is 0 Å². The molecule has 6 nitrogen and oxygen atoms in total. The molecule has 0 fully saturated rings. The summed E-state index contributed by atoms with van der Waals surface area (Å²) in [6.45, 7) is 3.24. The Hall–Kier alpha value is -2.34. The van der Waals surface area contributed by atoms with E-state index in [2.05, 4.69) is 10.6 Å². The summed E-state index contributed by atoms with van der Waals surface area (Å²) in [5.41, 5.74) is 0.809. The van der Waals surface area contributed by atoms with Gasteiger partial charge in [-0.1, -0.05) is 18.2 Å². The highest BCUT2D eigenvalue weighted by molar-refractivity contribution is 5.94. The van der Waals surface area contributed by atoms with Crippen LogP contribution in [0.4, 0.5) is 0 Å². The van der Waals surface area contributed by atoms with E-state index in [1.165, 1.54) is 6.08 Å². The van der Waals surface area contributed by atoms with Crippen LogP contribution in [0.5, 0.6) is 5.75 Å². The van der Waals surface area contributed by atoms with Gasteiger partial charge in [0, 0.05) is 25.3 Å². The molecule has 2 amide bonds. The second kappa shape index (κ2) is 10.4. The average Bonchev–Trinajstić information content (AvgIpc) is 2.52. The largest absolute Gasteiger partial charge is 0.493 e. The molecule has 0 bridgehead atoms. The van der Waals surface area contributed by atoms with E-state index in [9.17, 15) is 9.59 Å². The first-order valence-electron chi connectivity index (χ1n) is 7.10. The molecule has 6 heteroatoms. The second-order valence-electron chi connectivity index (χ2n) is 4.36. The first-order valence-corrected chi connectivity index (χ1v) is 7.10. The fraction of sp³-hybridized carbons (Fsp3) is 0.375. The van der Waals surface area contributed by atoms with Gasteiger partial charge in [-0.25, -0.2) is 0 Å². The third-order valence-electron chi connectivity index (χ3n) is 2.68. The monoisotopic (exact) mass is 306 g/mol. The minimum absolute atomic E-state index is 0.0694. The predicted octanol–water partition coefficient (Wildman–Crippen LogP) is 0.977. The minimum Gasteiger partial charge on any atom is -0.493 e. The summed E-state index contributed by atoms with van der Waals surface area (Å²) in [6.07, 6.45) is 3.03. The maximum absolute atomic E-state index is 11.7. The lowest BCUT2D eigenvalue weighted by Gasteiger charge is -2.06. The summed E-state index contributed by atoms with van der Waals surface area (Å²) in [6, 6.07) is 7.42.